The second-order valence-electron chi connectivity index (χ2n) is 5.04. The summed E-state index contributed by atoms with van der Waals surface area (Å²) in [6, 6.07) is 23.6. The van der Waals surface area contributed by atoms with Gasteiger partial charge in [0.05, 0.1) is 6.26 Å². The lowest BCUT2D eigenvalue weighted by atomic mass is 10.0. The van der Waals surface area contributed by atoms with Gasteiger partial charge in [-0.15, -0.1) is 10.2 Å². The highest BCUT2D eigenvalue weighted by atomic mass is 16.3. The van der Waals surface area contributed by atoms with E-state index in [-0.39, 0.29) is 0 Å². The van der Waals surface area contributed by atoms with Gasteiger partial charge in [0.2, 0.25) is 5.82 Å². The normalized spacial score (nSPS) is 10.6. The summed E-state index contributed by atoms with van der Waals surface area (Å²) in [5, 5.41) is 8.64. The molecular weight excluding hydrogens is 286 g/mol. The van der Waals surface area contributed by atoms with Crippen molar-refractivity contribution in [2.24, 2.45) is 0 Å². The Kier molecular flexibility index (Phi) is 3.41. The van der Waals surface area contributed by atoms with Crippen LogP contribution in [-0.2, 0) is 0 Å². The van der Waals surface area contributed by atoms with Crippen LogP contribution in [0.4, 0.5) is 0 Å². The van der Waals surface area contributed by atoms with E-state index >= 15 is 0 Å². The zero-order valence-corrected chi connectivity index (χ0v) is 12.3. The molecule has 0 unspecified atom stereocenters. The SMILES string of the molecule is c1ccc(-c2nnc(-c3ccco3)nc2-c2ccccc2)cc1. The molecule has 110 valence electrons. The summed E-state index contributed by atoms with van der Waals surface area (Å²) >= 11 is 0. The number of rotatable bonds is 3. The molecule has 2 aromatic heterocycles. The second kappa shape index (κ2) is 5.85. The Morgan fingerprint density at radius 3 is 1.87 bits per heavy atom. The lowest BCUT2D eigenvalue weighted by molar-refractivity contribution is 0.576. The summed E-state index contributed by atoms with van der Waals surface area (Å²) in [4.78, 5) is 4.69. The van der Waals surface area contributed by atoms with Gasteiger partial charge < -0.3 is 4.42 Å². The number of benzene rings is 2. The third-order valence-corrected chi connectivity index (χ3v) is 3.52. The first-order valence-electron chi connectivity index (χ1n) is 7.31. The maximum Gasteiger partial charge on any atom is 0.218 e. The van der Waals surface area contributed by atoms with Crippen LogP contribution in [0, 0.1) is 0 Å². The topological polar surface area (TPSA) is 51.8 Å². The molecule has 0 aliphatic rings. The standard InChI is InChI=1S/C19H13N3O/c1-3-8-14(9-4-1)17-18(15-10-5-2-6-11-15)21-22-19(20-17)16-12-7-13-23-16/h1-13H. The van der Waals surface area contributed by atoms with Crippen LogP contribution in [-0.4, -0.2) is 15.2 Å². The summed E-state index contributed by atoms with van der Waals surface area (Å²) in [6.07, 6.45) is 1.60. The minimum atomic E-state index is 0.480. The molecule has 0 saturated heterocycles. The lowest BCUT2D eigenvalue weighted by Gasteiger charge is -2.08. The van der Waals surface area contributed by atoms with Crippen LogP contribution in [0.25, 0.3) is 34.1 Å². The van der Waals surface area contributed by atoms with E-state index in [1.807, 2.05) is 72.8 Å². The molecule has 4 nitrogen and oxygen atoms in total. The molecule has 0 aliphatic carbocycles. The summed E-state index contributed by atoms with van der Waals surface area (Å²) in [6.45, 7) is 0. The van der Waals surface area contributed by atoms with Crippen molar-refractivity contribution in [3.8, 4) is 34.1 Å². The molecule has 4 rings (SSSR count). The Labute approximate surface area is 133 Å². The van der Waals surface area contributed by atoms with E-state index in [1.165, 1.54) is 0 Å². The molecule has 0 radical (unpaired) electrons. The maximum absolute atomic E-state index is 5.39. The molecule has 0 bridgehead atoms. The monoisotopic (exact) mass is 299 g/mol. The molecule has 0 atom stereocenters. The van der Waals surface area contributed by atoms with Crippen molar-refractivity contribution in [1.82, 2.24) is 15.2 Å². The fourth-order valence-corrected chi connectivity index (χ4v) is 2.42. The molecule has 0 saturated carbocycles. The molecule has 4 aromatic rings. The van der Waals surface area contributed by atoms with E-state index in [0.29, 0.717) is 11.6 Å². The first-order chi connectivity index (χ1) is 11.4. The fraction of sp³-hybridized carbons (Fsp3) is 0. The van der Waals surface area contributed by atoms with Gasteiger partial charge in [0.25, 0.3) is 0 Å². The molecule has 4 heteroatoms. The van der Waals surface area contributed by atoms with Crippen molar-refractivity contribution in [1.29, 1.82) is 0 Å². The minimum Gasteiger partial charge on any atom is -0.461 e. The summed E-state index contributed by atoms with van der Waals surface area (Å²) < 4.78 is 5.39. The van der Waals surface area contributed by atoms with Crippen molar-refractivity contribution >= 4 is 0 Å². The first kappa shape index (κ1) is 13.4. The van der Waals surface area contributed by atoms with Crippen LogP contribution in [0.1, 0.15) is 0 Å². The average Bonchev–Trinajstić information content (AvgIpc) is 3.17. The molecule has 0 spiro atoms. The van der Waals surface area contributed by atoms with Gasteiger partial charge >= 0.3 is 0 Å². The van der Waals surface area contributed by atoms with Crippen molar-refractivity contribution in [3.63, 3.8) is 0 Å². The molecule has 2 heterocycles. The van der Waals surface area contributed by atoms with Crippen molar-refractivity contribution < 1.29 is 4.42 Å². The zero-order chi connectivity index (χ0) is 15.5. The first-order valence-corrected chi connectivity index (χ1v) is 7.31. The van der Waals surface area contributed by atoms with Gasteiger partial charge in [-0.05, 0) is 12.1 Å². The minimum absolute atomic E-state index is 0.480. The van der Waals surface area contributed by atoms with Crippen molar-refractivity contribution in [2.45, 2.75) is 0 Å². The molecule has 23 heavy (non-hydrogen) atoms. The Balaban J connectivity index is 1.93. The number of hydrogen-bond donors (Lipinski definition) is 0. The van der Waals surface area contributed by atoms with Crippen LogP contribution >= 0.6 is 0 Å². The number of nitrogens with zero attached hydrogens (tertiary/aromatic N) is 3. The van der Waals surface area contributed by atoms with E-state index in [1.54, 1.807) is 6.26 Å². The number of aromatic nitrogens is 3. The number of furan rings is 1. The highest BCUT2D eigenvalue weighted by Gasteiger charge is 2.15. The van der Waals surface area contributed by atoms with Gasteiger partial charge in [-0.2, -0.15) is 0 Å². The van der Waals surface area contributed by atoms with E-state index in [2.05, 4.69) is 10.2 Å². The van der Waals surface area contributed by atoms with Gasteiger partial charge in [0.15, 0.2) is 5.76 Å². The van der Waals surface area contributed by atoms with Crippen molar-refractivity contribution in [2.75, 3.05) is 0 Å². The average molecular weight is 299 g/mol. The predicted molar refractivity (Wildman–Crippen MR) is 88.4 cm³/mol. The van der Waals surface area contributed by atoms with Gasteiger partial charge in [0, 0.05) is 11.1 Å². The molecule has 0 aliphatic heterocycles. The molecule has 0 amide bonds. The summed E-state index contributed by atoms with van der Waals surface area (Å²) in [5.41, 5.74) is 3.52. The van der Waals surface area contributed by atoms with Crippen LogP contribution < -0.4 is 0 Å². The summed E-state index contributed by atoms with van der Waals surface area (Å²) in [7, 11) is 0. The molecule has 2 aromatic carbocycles. The fourth-order valence-electron chi connectivity index (χ4n) is 2.42. The predicted octanol–water partition coefficient (Wildman–Crippen LogP) is 4.47. The van der Waals surface area contributed by atoms with Gasteiger partial charge in [0.1, 0.15) is 11.4 Å². The van der Waals surface area contributed by atoms with E-state index < -0.39 is 0 Å². The second-order valence-corrected chi connectivity index (χ2v) is 5.04. The highest BCUT2D eigenvalue weighted by molar-refractivity contribution is 5.78. The Hall–Kier alpha value is -3.27. The van der Waals surface area contributed by atoms with Crippen LogP contribution in [0.15, 0.2) is 83.5 Å². The quantitative estimate of drug-likeness (QED) is 0.560. The lowest BCUT2D eigenvalue weighted by Crippen LogP contribution is -1.99. The Morgan fingerprint density at radius 1 is 0.609 bits per heavy atom. The third-order valence-electron chi connectivity index (χ3n) is 3.52. The molecular formula is C19H13N3O. The maximum atomic E-state index is 5.39. The Morgan fingerprint density at radius 2 is 1.26 bits per heavy atom. The Bertz CT molecular complexity index is 904. The molecule has 0 fully saturated rings. The highest BCUT2D eigenvalue weighted by Crippen LogP contribution is 2.29. The van der Waals surface area contributed by atoms with Crippen molar-refractivity contribution in [3.05, 3.63) is 79.1 Å². The van der Waals surface area contributed by atoms with Crippen LogP contribution in [0.2, 0.25) is 0 Å². The zero-order valence-electron chi connectivity index (χ0n) is 12.3. The van der Waals surface area contributed by atoms with Crippen LogP contribution in [0.3, 0.4) is 0 Å². The van der Waals surface area contributed by atoms with E-state index in [0.717, 1.165) is 22.5 Å². The number of hydrogen-bond acceptors (Lipinski definition) is 4. The molecule has 0 N–H and O–H groups in total. The summed E-state index contributed by atoms with van der Waals surface area (Å²) in [5.74, 6) is 1.09. The smallest absolute Gasteiger partial charge is 0.218 e. The largest absolute Gasteiger partial charge is 0.461 e. The van der Waals surface area contributed by atoms with Gasteiger partial charge in [-0.1, -0.05) is 60.7 Å². The van der Waals surface area contributed by atoms with E-state index in [4.69, 9.17) is 9.40 Å². The van der Waals surface area contributed by atoms with Gasteiger partial charge in [-0.3, -0.25) is 0 Å². The van der Waals surface area contributed by atoms with Gasteiger partial charge in [-0.25, -0.2) is 4.98 Å². The third kappa shape index (κ3) is 2.62. The van der Waals surface area contributed by atoms with E-state index in [9.17, 15) is 0 Å². The van der Waals surface area contributed by atoms with Crippen LogP contribution in [0.5, 0.6) is 0 Å².